The summed E-state index contributed by atoms with van der Waals surface area (Å²) in [6.45, 7) is -0.710. The largest absolute Gasteiger partial charge is 1.00 e. The number of phosphoric ester groups is 1. The Kier molecular flexibility index (Phi) is 8.99. The van der Waals surface area contributed by atoms with Crippen LogP contribution in [-0.2, 0) is 13.8 Å². The van der Waals surface area contributed by atoms with Gasteiger partial charge in [-0.3, -0.25) is 4.57 Å². The van der Waals surface area contributed by atoms with Crippen molar-refractivity contribution < 1.29 is 92.9 Å². The van der Waals surface area contributed by atoms with Crippen LogP contribution in [0.2, 0.25) is 0 Å². The number of imidazole rings is 1. The summed E-state index contributed by atoms with van der Waals surface area (Å²) in [6.07, 6.45) is -2.61. The zero-order valence-corrected chi connectivity index (χ0v) is 19.1. The molecule has 0 bridgehead atoms. The Hall–Kier alpha value is 0.890. The first-order valence-corrected chi connectivity index (χ1v) is 8.23. The maximum atomic E-state index is 10.5. The van der Waals surface area contributed by atoms with E-state index in [4.69, 9.17) is 4.74 Å². The molecule has 0 spiro atoms. The molecular weight excluding hydrogens is 397 g/mol. The third-order valence-electron chi connectivity index (χ3n) is 3.35. The maximum Gasteiger partial charge on any atom is 1.00 e. The Bertz CT molecular complexity index is 777. The summed E-state index contributed by atoms with van der Waals surface area (Å²) >= 11 is 4.13. The van der Waals surface area contributed by atoms with Crippen LogP contribution in [0, 0.1) is 0 Å². The third kappa shape index (κ3) is 5.24. The van der Waals surface area contributed by atoms with Gasteiger partial charge in [-0.1, -0.05) is 0 Å². The number of hydrogen-bond acceptors (Lipinski definition) is 11. The van der Waals surface area contributed by atoms with E-state index in [0.717, 1.165) is 0 Å². The average Bonchev–Trinajstić information content (AvgIpc) is 3.01. The molecule has 3 rings (SSSR count). The molecule has 3 heterocycles. The van der Waals surface area contributed by atoms with Crippen LogP contribution in [0.3, 0.4) is 0 Å². The van der Waals surface area contributed by atoms with Crippen molar-refractivity contribution in [2.24, 2.45) is 0 Å². The van der Waals surface area contributed by atoms with Crippen LogP contribution >= 0.6 is 20.5 Å². The molecule has 1 fully saturated rings. The SMILES string of the molecule is O=P([O-])([O-])OC[C@H]1O[C@@H](n2cnc3c(S)ncnc32)[C@H](O)[C@@H]1O.[Na+].[Na+]. The Morgan fingerprint density at radius 1 is 1.28 bits per heavy atom. The van der Waals surface area contributed by atoms with Crippen LogP contribution in [0.4, 0.5) is 0 Å². The second-order valence-corrected chi connectivity index (χ2v) is 6.39. The molecule has 126 valence electrons. The molecule has 0 aromatic carbocycles. The summed E-state index contributed by atoms with van der Waals surface area (Å²) < 4.78 is 21.3. The van der Waals surface area contributed by atoms with Crippen molar-refractivity contribution in [1.82, 2.24) is 19.5 Å². The molecule has 15 heteroatoms. The monoisotopic (exact) mass is 408 g/mol. The van der Waals surface area contributed by atoms with E-state index in [0.29, 0.717) is 16.2 Å². The van der Waals surface area contributed by atoms with Gasteiger partial charge in [0.15, 0.2) is 11.9 Å². The maximum absolute atomic E-state index is 10.5. The summed E-state index contributed by atoms with van der Waals surface area (Å²) in [6, 6.07) is 0. The summed E-state index contributed by atoms with van der Waals surface area (Å²) in [5.74, 6) is 0. The normalized spacial score (nSPS) is 26.3. The number of nitrogens with zero attached hydrogens (tertiary/aromatic N) is 4. The first-order valence-electron chi connectivity index (χ1n) is 6.32. The molecule has 2 N–H and O–H groups in total. The van der Waals surface area contributed by atoms with Crippen molar-refractivity contribution in [3.8, 4) is 0 Å². The number of fused-ring (bicyclic) bond motifs is 1. The molecule has 1 aliphatic heterocycles. The predicted octanol–water partition coefficient (Wildman–Crippen LogP) is -8.41. The van der Waals surface area contributed by atoms with E-state index in [1.54, 1.807) is 0 Å². The smallest absolute Gasteiger partial charge is 0.790 e. The van der Waals surface area contributed by atoms with E-state index in [9.17, 15) is 24.6 Å². The topological polar surface area (TPSA) is 166 Å². The van der Waals surface area contributed by atoms with Gasteiger partial charge in [0, 0.05) is 0 Å². The van der Waals surface area contributed by atoms with Crippen molar-refractivity contribution in [2.45, 2.75) is 29.6 Å². The van der Waals surface area contributed by atoms with Gasteiger partial charge in [0.2, 0.25) is 0 Å². The molecule has 0 amide bonds. The summed E-state index contributed by atoms with van der Waals surface area (Å²) in [5.41, 5.74) is 0.672. The van der Waals surface area contributed by atoms with Crippen LogP contribution in [0.15, 0.2) is 17.7 Å². The molecule has 2 aromatic rings. The van der Waals surface area contributed by atoms with E-state index in [1.165, 1.54) is 17.2 Å². The molecule has 25 heavy (non-hydrogen) atoms. The van der Waals surface area contributed by atoms with E-state index in [1.807, 2.05) is 0 Å². The van der Waals surface area contributed by atoms with Gasteiger partial charge >= 0.3 is 59.1 Å². The average molecular weight is 408 g/mol. The number of aliphatic hydroxyl groups excluding tert-OH is 2. The quantitative estimate of drug-likeness (QED) is 0.191. The van der Waals surface area contributed by atoms with Crippen molar-refractivity contribution in [3.05, 3.63) is 12.7 Å². The van der Waals surface area contributed by atoms with E-state index >= 15 is 0 Å². The van der Waals surface area contributed by atoms with Crippen molar-refractivity contribution in [1.29, 1.82) is 0 Å². The van der Waals surface area contributed by atoms with Gasteiger partial charge in [0.05, 0.1) is 20.8 Å². The van der Waals surface area contributed by atoms with Crippen molar-refractivity contribution in [2.75, 3.05) is 6.61 Å². The number of aromatic nitrogens is 4. The Morgan fingerprint density at radius 2 is 1.96 bits per heavy atom. The number of phosphoric acid groups is 1. The molecule has 0 aliphatic carbocycles. The second-order valence-electron chi connectivity index (χ2n) is 4.81. The number of rotatable bonds is 4. The molecule has 4 atom stereocenters. The van der Waals surface area contributed by atoms with E-state index in [2.05, 4.69) is 32.1 Å². The van der Waals surface area contributed by atoms with Crippen molar-refractivity contribution >= 4 is 31.6 Å². The minimum atomic E-state index is -5.21. The Balaban J connectivity index is 0.00000156. The molecule has 1 aliphatic rings. The molecule has 1 saturated heterocycles. The standard InChI is InChI=1S/C10H13N4O7PS.2Na/c15-6-4(1-20-22(17,18)19)21-10(7(6)16)14-3-13-5-8(14)11-2-12-9(5)23;;/h2-4,6-7,10,15-16H,1H2,(H,11,12,23)(H2,17,18,19);;/q;2*+1/p-2/t4-,6-,7-,10-;;/m1../s1. The summed E-state index contributed by atoms with van der Waals surface area (Å²) in [5, 5.41) is 20.3. The van der Waals surface area contributed by atoms with Gasteiger partial charge in [-0.15, -0.1) is 12.6 Å². The summed E-state index contributed by atoms with van der Waals surface area (Å²) in [7, 11) is -5.21. The number of thiol groups is 1. The number of ether oxygens (including phenoxy) is 1. The molecule has 0 saturated carbocycles. The summed E-state index contributed by atoms with van der Waals surface area (Å²) in [4.78, 5) is 32.9. The zero-order valence-electron chi connectivity index (χ0n) is 13.3. The fraction of sp³-hybridized carbons (Fsp3) is 0.500. The fourth-order valence-electron chi connectivity index (χ4n) is 2.29. The van der Waals surface area contributed by atoms with Crippen molar-refractivity contribution in [3.63, 3.8) is 0 Å². The minimum Gasteiger partial charge on any atom is -0.790 e. The third-order valence-corrected chi connectivity index (χ3v) is 4.14. The minimum absolute atomic E-state index is 0. The van der Waals surface area contributed by atoms with Gasteiger partial charge in [0.25, 0.3) is 0 Å². The van der Waals surface area contributed by atoms with Gasteiger partial charge in [0.1, 0.15) is 35.2 Å². The number of hydrogen-bond donors (Lipinski definition) is 3. The van der Waals surface area contributed by atoms with Gasteiger partial charge in [-0.25, -0.2) is 15.0 Å². The molecule has 11 nitrogen and oxygen atoms in total. The number of aliphatic hydroxyl groups is 2. The van der Waals surface area contributed by atoms with Gasteiger partial charge in [-0.2, -0.15) is 0 Å². The predicted molar refractivity (Wildman–Crippen MR) is 72.1 cm³/mol. The first-order chi connectivity index (χ1) is 10.8. The van der Waals surface area contributed by atoms with Crippen LogP contribution in [-0.4, -0.2) is 54.7 Å². The van der Waals surface area contributed by atoms with Crippen LogP contribution in [0.25, 0.3) is 11.2 Å². The Labute approximate surface area is 191 Å². The molecule has 0 unspecified atom stereocenters. The zero-order chi connectivity index (χ0) is 16.8. The van der Waals surface area contributed by atoms with E-state index < -0.39 is 39.0 Å². The first kappa shape index (κ1) is 23.9. The van der Waals surface area contributed by atoms with Crippen LogP contribution in [0.5, 0.6) is 0 Å². The van der Waals surface area contributed by atoms with Crippen LogP contribution in [0.1, 0.15) is 6.23 Å². The Morgan fingerprint density at radius 3 is 2.60 bits per heavy atom. The van der Waals surface area contributed by atoms with Gasteiger partial charge in [-0.05, 0) is 0 Å². The fourth-order valence-corrected chi connectivity index (χ4v) is 2.83. The van der Waals surface area contributed by atoms with Gasteiger partial charge < -0.3 is 33.8 Å². The van der Waals surface area contributed by atoms with Crippen LogP contribution < -0.4 is 68.9 Å². The second kappa shape index (κ2) is 9.39. The molecular formula is C10H11N4Na2O7PS. The molecule has 2 aromatic heterocycles. The molecule has 0 radical (unpaired) electrons. The van der Waals surface area contributed by atoms with E-state index in [-0.39, 0.29) is 59.1 Å².